The zero-order chi connectivity index (χ0) is 19.8. The Balaban J connectivity index is 1.90. The molecule has 2 heterocycles. The van der Waals surface area contributed by atoms with Gasteiger partial charge in [-0.2, -0.15) is 0 Å². The molecule has 4 rings (SSSR count). The van der Waals surface area contributed by atoms with Crippen molar-refractivity contribution in [3.63, 3.8) is 0 Å². The molecule has 0 spiro atoms. The van der Waals surface area contributed by atoms with Gasteiger partial charge in [-0.3, -0.25) is 19.5 Å². The van der Waals surface area contributed by atoms with Crippen LogP contribution in [0.15, 0.2) is 33.6 Å². The van der Waals surface area contributed by atoms with Crippen molar-refractivity contribution in [3.8, 4) is 16.4 Å². The van der Waals surface area contributed by atoms with Crippen LogP contribution in [0.5, 0.6) is 0 Å². The molecule has 28 heavy (non-hydrogen) atoms. The van der Waals surface area contributed by atoms with Crippen LogP contribution in [0.2, 0.25) is 0 Å². The van der Waals surface area contributed by atoms with E-state index in [0.29, 0.717) is 17.4 Å². The normalized spacial score (nSPS) is 13.6. The summed E-state index contributed by atoms with van der Waals surface area (Å²) >= 11 is 4.61. The van der Waals surface area contributed by atoms with Crippen LogP contribution in [0, 0.1) is 10.1 Å². The number of ketones is 1. The van der Waals surface area contributed by atoms with Crippen LogP contribution in [0.25, 0.3) is 16.4 Å². The van der Waals surface area contributed by atoms with Gasteiger partial charge in [-0.05, 0) is 43.0 Å². The zero-order valence-electron chi connectivity index (χ0n) is 15.2. The number of thiophene rings is 1. The third-order valence-electron chi connectivity index (χ3n) is 4.61. The maximum atomic E-state index is 12.5. The van der Waals surface area contributed by atoms with Crippen LogP contribution in [0.1, 0.15) is 28.8 Å². The summed E-state index contributed by atoms with van der Waals surface area (Å²) in [6.07, 6.45) is 6.16. The van der Waals surface area contributed by atoms with Gasteiger partial charge in [0.2, 0.25) is 0 Å². The van der Waals surface area contributed by atoms with Crippen LogP contribution in [0.3, 0.4) is 0 Å². The molecule has 0 atom stereocenters. The number of nitrogens with zero attached hydrogens (tertiary/aromatic N) is 4. The van der Waals surface area contributed by atoms with Gasteiger partial charge in [-0.15, -0.1) is 33.3 Å². The number of benzene rings is 1. The van der Waals surface area contributed by atoms with Gasteiger partial charge in [-0.1, -0.05) is 11.8 Å². The number of thioether (sulfide) groups is 2. The molecule has 0 bridgehead atoms. The molecule has 0 fully saturated rings. The van der Waals surface area contributed by atoms with E-state index in [2.05, 4.69) is 10.2 Å². The van der Waals surface area contributed by atoms with Crippen molar-refractivity contribution in [3.05, 3.63) is 45.5 Å². The maximum Gasteiger partial charge on any atom is 0.269 e. The predicted octanol–water partition coefficient (Wildman–Crippen LogP) is 4.87. The number of carbonyl (C=O) groups excluding carboxylic acids is 1. The molecular weight excluding hydrogens is 416 g/mol. The lowest BCUT2D eigenvalue weighted by Gasteiger charge is -2.13. The van der Waals surface area contributed by atoms with Gasteiger partial charge in [0.1, 0.15) is 0 Å². The van der Waals surface area contributed by atoms with Gasteiger partial charge in [0.05, 0.1) is 19.7 Å². The van der Waals surface area contributed by atoms with Crippen molar-refractivity contribution in [2.24, 2.45) is 0 Å². The molecule has 0 unspecified atom stereocenters. The highest BCUT2D eigenvalue weighted by atomic mass is 32.2. The molecule has 0 aliphatic heterocycles. The van der Waals surface area contributed by atoms with Crippen LogP contribution >= 0.6 is 34.9 Å². The first-order valence-corrected chi connectivity index (χ1v) is 11.8. The monoisotopic (exact) mass is 432 g/mol. The lowest BCUT2D eigenvalue weighted by atomic mass is 9.92. The zero-order valence-corrected chi connectivity index (χ0v) is 17.6. The third kappa shape index (κ3) is 3.15. The molecule has 10 heteroatoms. The Morgan fingerprint density at radius 3 is 2.54 bits per heavy atom. The van der Waals surface area contributed by atoms with Crippen LogP contribution in [-0.4, -0.2) is 38.0 Å². The Morgan fingerprint density at radius 1 is 1.14 bits per heavy atom. The Morgan fingerprint density at radius 2 is 1.89 bits per heavy atom. The van der Waals surface area contributed by atoms with Crippen molar-refractivity contribution in [2.45, 2.75) is 28.6 Å². The van der Waals surface area contributed by atoms with Crippen molar-refractivity contribution in [1.29, 1.82) is 0 Å². The van der Waals surface area contributed by atoms with E-state index in [4.69, 9.17) is 0 Å². The minimum absolute atomic E-state index is 0.0350. The molecule has 1 aliphatic carbocycles. The fourth-order valence-electron chi connectivity index (χ4n) is 3.34. The fourth-order valence-corrected chi connectivity index (χ4v) is 5.94. The number of carbonyl (C=O) groups is 1. The number of non-ortho nitro benzene ring substituents is 1. The van der Waals surface area contributed by atoms with Crippen molar-refractivity contribution in [2.75, 3.05) is 12.5 Å². The van der Waals surface area contributed by atoms with E-state index in [0.717, 1.165) is 38.7 Å². The van der Waals surface area contributed by atoms with Gasteiger partial charge in [-0.25, -0.2) is 0 Å². The number of hydrogen-bond donors (Lipinski definition) is 0. The number of rotatable bonds is 5. The molecule has 3 aromatic rings. The lowest BCUT2D eigenvalue weighted by Crippen LogP contribution is -2.10. The third-order valence-corrected chi connectivity index (χ3v) is 7.58. The molecule has 1 aromatic carbocycles. The van der Waals surface area contributed by atoms with E-state index in [1.807, 2.05) is 17.1 Å². The molecule has 1 aliphatic rings. The largest absolute Gasteiger partial charge is 0.294 e. The van der Waals surface area contributed by atoms with E-state index >= 15 is 0 Å². The molecule has 2 aromatic heterocycles. The van der Waals surface area contributed by atoms with Crippen molar-refractivity contribution in [1.82, 2.24) is 14.8 Å². The molecule has 144 valence electrons. The second-order valence-electron chi connectivity index (χ2n) is 6.17. The summed E-state index contributed by atoms with van der Waals surface area (Å²) in [6.45, 7) is 0. The smallest absolute Gasteiger partial charge is 0.269 e. The number of hydrogen-bond acceptors (Lipinski definition) is 8. The summed E-state index contributed by atoms with van der Waals surface area (Å²) in [5.74, 6) is 0.869. The first-order chi connectivity index (χ1) is 13.5. The molecule has 7 nitrogen and oxygen atoms in total. The number of aromatic nitrogens is 3. The number of fused-ring (bicyclic) bond motifs is 1. The standard InChI is InChI=1S/C18H16N4O3S3/c1-26-17-14-12(4-3-5-13(14)23)15(28-17)16-19-20-18(27-2)21(16)10-6-8-11(9-7-10)22(24)25/h6-9H,3-5H2,1-2H3. The van der Waals surface area contributed by atoms with E-state index < -0.39 is 4.92 Å². The van der Waals surface area contributed by atoms with Gasteiger partial charge in [0, 0.05) is 24.1 Å². The highest BCUT2D eigenvalue weighted by molar-refractivity contribution is 8.00. The molecule has 0 radical (unpaired) electrons. The highest BCUT2D eigenvalue weighted by Gasteiger charge is 2.30. The number of nitro groups is 1. The van der Waals surface area contributed by atoms with Crippen molar-refractivity contribution >= 4 is 46.3 Å². The van der Waals surface area contributed by atoms with E-state index in [-0.39, 0.29) is 11.5 Å². The molecule has 0 saturated carbocycles. The summed E-state index contributed by atoms with van der Waals surface area (Å²) in [5, 5.41) is 20.4. The lowest BCUT2D eigenvalue weighted by molar-refractivity contribution is -0.384. The second-order valence-corrected chi connectivity index (χ2v) is 9.04. The first-order valence-electron chi connectivity index (χ1n) is 8.52. The average Bonchev–Trinajstić information content (AvgIpc) is 3.29. The van der Waals surface area contributed by atoms with Gasteiger partial charge >= 0.3 is 0 Å². The average molecular weight is 433 g/mol. The van der Waals surface area contributed by atoms with Gasteiger partial charge in [0.25, 0.3) is 5.69 Å². The summed E-state index contributed by atoms with van der Waals surface area (Å²) in [5.41, 5.74) is 2.68. The van der Waals surface area contributed by atoms with E-state index in [1.54, 1.807) is 35.2 Å². The number of nitro benzene ring substituents is 1. The summed E-state index contributed by atoms with van der Waals surface area (Å²) in [6, 6.07) is 6.35. The number of Topliss-reactive ketones (excluding diaryl/α,β-unsaturated/α-hetero) is 1. The summed E-state index contributed by atoms with van der Waals surface area (Å²) in [7, 11) is 0. The van der Waals surface area contributed by atoms with Crippen LogP contribution in [0.4, 0.5) is 5.69 Å². The summed E-state index contributed by atoms with van der Waals surface area (Å²) < 4.78 is 2.92. The first kappa shape index (κ1) is 19.2. The Hall–Kier alpha value is -2.17. The van der Waals surface area contributed by atoms with Gasteiger partial charge < -0.3 is 0 Å². The summed E-state index contributed by atoms with van der Waals surface area (Å²) in [4.78, 5) is 24.0. The highest BCUT2D eigenvalue weighted by Crippen LogP contribution is 2.44. The SMILES string of the molecule is CSc1sc(-c2nnc(SC)n2-c2ccc([N+](=O)[O-])cc2)c2c1C(=O)CCC2. The van der Waals surface area contributed by atoms with Gasteiger partial charge in [0.15, 0.2) is 16.8 Å². The van der Waals surface area contributed by atoms with Crippen LogP contribution < -0.4 is 0 Å². The minimum Gasteiger partial charge on any atom is -0.294 e. The maximum absolute atomic E-state index is 12.5. The topological polar surface area (TPSA) is 90.9 Å². The molecule has 0 N–H and O–H groups in total. The Labute approximate surface area is 173 Å². The van der Waals surface area contributed by atoms with E-state index in [9.17, 15) is 14.9 Å². The predicted molar refractivity (Wildman–Crippen MR) is 112 cm³/mol. The molecular formula is C18H16N4O3S3. The molecule has 0 amide bonds. The van der Waals surface area contributed by atoms with Crippen molar-refractivity contribution < 1.29 is 9.72 Å². The fraction of sp³-hybridized carbons (Fsp3) is 0.278. The minimum atomic E-state index is -0.418. The molecule has 0 saturated heterocycles. The Kier molecular flexibility index (Phi) is 5.26. The van der Waals surface area contributed by atoms with E-state index in [1.165, 1.54) is 23.9 Å². The second kappa shape index (κ2) is 7.69. The quantitative estimate of drug-likeness (QED) is 0.323. The Bertz CT molecular complexity index is 1070. The van der Waals surface area contributed by atoms with Crippen LogP contribution in [-0.2, 0) is 6.42 Å².